The molecule has 0 radical (unpaired) electrons. The minimum Gasteiger partial charge on any atom is -0.478 e. The van der Waals surface area contributed by atoms with Crippen molar-refractivity contribution in [1.29, 1.82) is 5.26 Å². The van der Waals surface area contributed by atoms with Crippen LogP contribution in [-0.4, -0.2) is 18.8 Å². The third kappa shape index (κ3) is 4.40. The smallest absolute Gasteiger partial charge is 0.211 e. The second-order valence-electron chi connectivity index (χ2n) is 2.90. The van der Waals surface area contributed by atoms with Crippen molar-refractivity contribution in [2.45, 2.75) is 0 Å². The van der Waals surface area contributed by atoms with Crippen LogP contribution in [0.1, 0.15) is 5.56 Å². The monoisotopic (exact) mass is 251 g/mol. The van der Waals surface area contributed by atoms with Crippen LogP contribution in [0.15, 0.2) is 28.4 Å². The van der Waals surface area contributed by atoms with Crippen molar-refractivity contribution in [3.63, 3.8) is 0 Å². The number of hydrogen-bond acceptors (Lipinski definition) is 4. The number of halogens is 1. The summed E-state index contributed by atoms with van der Waals surface area (Å²) in [5, 5.41) is 16.0. The Balaban J connectivity index is 2.95. The van der Waals surface area contributed by atoms with Crippen LogP contribution in [0.4, 0.5) is 0 Å². The lowest BCUT2D eigenvalue weighted by molar-refractivity contribution is 0.367. The zero-order chi connectivity index (χ0) is 12.7. The van der Waals surface area contributed by atoms with Gasteiger partial charge in [-0.05, 0) is 18.2 Å². The highest BCUT2D eigenvalue weighted by Crippen LogP contribution is 2.21. The maximum absolute atomic E-state index is 8.43. The molecule has 0 aromatic heterocycles. The normalized spacial score (nSPS) is 9.88. The van der Waals surface area contributed by atoms with Gasteiger partial charge in [-0.25, -0.2) is 0 Å². The molecule has 0 aliphatic heterocycles. The number of nitrogens with two attached hydrogens (primary N) is 2. The molecule has 1 rings (SSSR count). The Morgan fingerprint density at radius 1 is 1.53 bits per heavy atom. The lowest BCUT2D eigenvalue weighted by Gasteiger charge is -2.05. The van der Waals surface area contributed by atoms with E-state index in [2.05, 4.69) is 10.2 Å². The van der Waals surface area contributed by atoms with Crippen molar-refractivity contribution in [3.8, 4) is 11.8 Å². The number of ether oxygens (including phenoxy) is 1. The first-order chi connectivity index (χ1) is 8.13. The van der Waals surface area contributed by atoms with E-state index in [1.807, 2.05) is 6.07 Å². The minimum atomic E-state index is -0.150. The number of hydrogen-bond donors (Lipinski definition) is 2. The number of nitrogens with zero attached hydrogens (tertiary/aromatic N) is 3. The highest BCUT2D eigenvalue weighted by Gasteiger charge is 2.02. The third-order valence-electron chi connectivity index (χ3n) is 1.63. The predicted octanol–water partition coefficient (Wildman–Crippen LogP) is 0.850. The van der Waals surface area contributed by atoms with E-state index >= 15 is 0 Å². The molecule has 7 heteroatoms. The summed E-state index contributed by atoms with van der Waals surface area (Å²) in [5.74, 6) is 0.327. The van der Waals surface area contributed by atoms with E-state index in [9.17, 15) is 0 Å². The van der Waals surface area contributed by atoms with Crippen molar-refractivity contribution < 1.29 is 4.74 Å². The Morgan fingerprint density at radius 3 is 2.94 bits per heavy atom. The first-order valence-corrected chi connectivity index (χ1v) is 4.92. The molecule has 0 unspecified atom stereocenters. The molecule has 88 valence electrons. The van der Waals surface area contributed by atoms with Crippen LogP contribution in [0.3, 0.4) is 0 Å². The summed E-state index contributed by atoms with van der Waals surface area (Å²) in [6.45, 7) is -0.0647. The molecule has 0 spiro atoms. The summed E-state index contributed by atoms with van der Waals surface area (Å²) >= 11 is 5.82. The van der Waals surface area contributed by atoms with Crippen LogP contribution in [0.2, 0.25) is 5.02 Å². The standard InChI is InChI=1S/C10H10ClN5O/c11-8-1-2-9(17-4-3-12)7(5-8)6-15-16-10(13)14/h1-2,5-6H,4H2,(H4,13,14,16). The topological polar surface area (TPSA) is 110 Å². The zero-order valence-corrected chi connectivity index (χ0v) is 9.55. The largest absolute Gasteiger partial charge is 0.478 e. The van der Waals surface area contributed by atoms with Crippen LogP contribution in [0.25, 0.3) is 0 Å². The zero-order valence-electron chi connectivity index (χ0n) is 8.80. The Bertz CT molecular complexity index is 488. The maximum Gasteiger partial charge on any atom is 0.211 e. The molecule has 0 bridgehead atoms. The summed E-state index contributed by atoms with van der Waals surface area (Å²) in [7, 11) is 0. The van der Waals surface area contributed by atoms with Gasteiger partial charge in [-0.2, -0.15) is 10.4 Å². The summed E-state index contributed by atoms with van der Waals surface area (Å²) in [5.41, 5.74) is 10.8. The van der Waals surface area contributed by atoms with Crippen LogP contribution in [0, 0.1) is 11.3 Å². The highest BCUT2D eigenvalue weighted by atomic mass is 35.5. The average Bonchev–Trinajstić information content (AvgIpc) is 2.27. The van der Waals surface area contributed by atoms with E-state index in [0.717, 1.165) is 0 Å². The summed E-state index contributed by atoms with van der Waals surface area (Å²) in [6, 6.07) is 6.77. The fourth-order valence-corrected chi connectivity index (χ4v) is 1.20. The van der Waals surface area contributed by atoms with Gasteiger partial charge in [0.25, 0.3) is 0 Å². The molecule has 1 aromatic rings. The van der Waals surface area contributed by atoms with E-state index in [-0.39, 0.29) is 12.6 Å². The summed E-state index contributed by atoms with van der Waals surface area (Å²) < 4.78 is 5.18. The lowest BCUT2D eigenvalue weighted by atomic mass is 10.2. The van der Waals surface area contributed by atoms with Gasteiger partial charge in [-0.1, -0.05) is 11.6 Å². The van der Waals surface area contributed by atoms with Crippen molar-refractivity contribution in [2.75, 3.05) is 6.61 Å². The Hall–Kier alpha value is -2.26. The van der Waals surface area contributed by atoms with E-state index in [1.165, 1.54) is 6.21 Å². The lowest BCUT2D eigenvalue weighted by Crippen LogP contribution is -2.21. The number of nitriles is 1. The van der Waals surface area contributed by atoms with E-state index in [0.29, 0.717) is 16.3 Å². The van der Waals surface area contributed by atoms with Crippen molar-refractivity contribution in [1.82, 2.24) is 0 Å². The van der Waals surface area contributed by atoms with Crippen molar-refractivity contribution >= 4 is 23.8 Å². The predicted molar refractivity (Wildman–Crippen MR) is 66.0 cm³/mol. The molecule has 0 aliphatic rings. The molecule has 4 N–H and O–H groups in total. The molecular formula is C10H10ClN5O. The molecule has 0 saturated heterocycles. The van der Waals surface area contributed by atoms with Gasteiger partial charge in [0.05, 0.1) is 6.21 Å². The minimum absolute atomic E-state index is 0.0647. The Kier molecular flexibility index (Phi) is 4.78. The van der Waals surface area contributed by atoms with Gasteiger partial charge in [-0.3, -0.25) is 0 Å². The molecule has 0 amide bonds. The number of rotatable bonds is 4. The summed E-state index contributed by atoms with van der Waals surface area (Å²) in [4.78, 5) is 0. The van der Waals surface area contributed by atoms with Gasteiger partial charge in [0.15, 0.2) is 6.61 Å². The van der Waals surface area contributed by atoms with E-state index < -0.39 is 0 Å². The molecule has 6 nitrogen and oxygen atoms in total. The summed E-state index contributed by atoms with van der Waals surface area (Å²) in [6.07, 6.45) is 1.39. The molecule has 0 heterocycles. The SMILES string of the molecule is N#CCOc1ccc(Cl)cc1C=NN=C(N)N. The molecule has 0 saturated carbocycles. The third-order valence-corrected chi connectivity index (χ3v) is 1.87. The van der Waals surface area contributed by atoms with Crippen LogP contribution < -0.4 is 16.2 Å². The fraction of sp³-hybridized carbons (Fsp3) is 0.100. The fourth-order valence-electron chi connectivity index (χ4n) is 1.02. The van der Waals surface area contributed by atoms with Gasteiger partial charge < -0.3 is 16.2 Å². The highest BCUT2D eigenvalue weighted by molar-refractivity contribution is 6.30. The van der Waals surface area contributed by atoms with Gasteiger partial charge in [0.1, 0.15) is 11.8 Å². The molecular weight excluding hydrogens is 242 g/mol. The van der Waals surface area contributed by atoms with E-state index in [1.54, 1.807) is 18.2 Å². The first kappa shape index (κ1) is 12.8. The molecule has 1 aromatic carbocycles. The van der Waals surface area contributed by atoms with Gasteiger partial charge in [0.2, 0.25) is 5.96 Å². The van der Waals surface area contributed by atoms with Crippen molar-refractivity contribution in [3.05, 3.63) is 28.8 Å². The second kappa shape index (κ2) is 6.35. The number of guanidine groups is 1. The molecule has 0 aliphatic carbocycles. The molecule has 0 fully saturated rings. The first-order valence-electron chi connectivity index (χ1n) is 4.54. The Labute approximate surface area is 103 Å². The molecule has 17 heavy (non-hydrogen) atoms. The average molecular weight is 252 g/mol. The van der Waals surface area contributed by atoms with Gasteiger partial charge >= 0.3 is 0 Å². The second-order valence-corrected chi connectivity index (χ2v) is 3.33. The maximum atomic E-state index is 8.43. The van der Waals surface area contributed by atoms with E-state index in [4.69, 9.17) is 33.1 Å². The van der Waals surface area contributed by atoms with Crippen LogP contribution >= 0.6 is 11.6 Å². The van der Waals surface area contributed by atoms with Gasteiger partial charge in [0, 0.05) is 10.6 Å². The van der Waals surface area contributed by atoms with Gasteiger partial charge in [-0.15, -0.1) is 5.10 Å². The van der Waals surface area contributed by atoms with Crippen molar-refractivity contribution in [2.24, 2.45) is 21.7 Å². The Morgan fingerprint density at radius 2 is 2.29 bits per heavy atom. The molecule has 0 atom stereocenters. The van der Waals surface area contributed by atoms with Crippen LogP contribution in [0.5, 0.6) is 5.75 Å². The van der Waals surface area contributed by atoms with Crippen LogP contribution in [-0.2, 0) is 0 Å². The quantitative estimate of drug-likeness (QED) is 0.469. The number of benzene rings is 1.